The van der Waals surface area contributed by atoms with Crippen LogP contribution in [-0.4, -0.2) is 28.9 Å². The third kappa shape index (κ3) is 5.61. The van der Waals surface area contributed by atoms with Gasteiger partial charge in [-0.2, -0.15) is 0 Å². The molecule has 0 aromatic heterocycles. The first-order valence-corrected chi connectivity index (χ1v) is 7.88. The fraction of sp³-hybridized carbons (Fsp3) is 0.167. The molecule has 0 spiro atoms. The normalized spacial score (nSPS) is 11.4. The predicted octanol–water partition coefficient (Wildman–Crippen LogP) is 2.72. The summed E-state index contributed by atoms with van der Waals surface area (Å²) in [5.74, 6) is -1.93. The van der Waals surface area contributed by atoms with E-state index in [4.69, 9.17) is 11.6 Å². The molecule has 0 fully saturated rings. The van der Waals surface area contributed by atoms with Crippen molar-refractivity contribution in [1.29, 1.82) is 0 Å². The zero-order valence-electron chi connectivity index (χ0n) is 13.5. The molecule has 0 saturated heterocycles. The van der Waals surface area contributed by atoms with Crippen LogP contribution in [0.2, 0.25) is 5.02 Å². The zero-order chi connectivity index (χ0) is 18.4. The highest BCUT2D eigenvalue weighted by Crippen LogP contribution is 2.13. The van der Waals surface area contributed by atoms with E-state index in [0.29, 0.717) is 10.7 Å². The molecule has 130 valence electrons. The van der Waals surface area contributed by atoms with Gasteiger partial charge >= 0.3 is 5.97 Å². The number of anilines is 1. The maximum atomic E-state index is 12.3. The summed E-state index contributed by atoms with van der Waals surface area (Å²) in [6.45, 7) is 1.36. The van der Waals surface area contributed by atoms with Crippen LogP contribution >= 0.6 is 11.6 Å². The molecule has 25 heavy (non-hydrogen) atoms. The van der Waals surface area contributed by atoms with Crippen molar-refractivity contribution in [3.8, 4) is 0 Å². The van der Waals surface area contributed by atoms with E-state index in [-0.39, 0.29) is 17.9 Å². The summed E-state index contributed by atoms with van der Waals surface area (Å²) in [6.07, 6.45) is 0.129. The van der Waals surface area contributed by atoms with Crippen molar-refractivity contribution in [3.05, 3.63) is 64.7 Å². The van der Waals surface area contributed by atoms with Gasteiger partial charge in [-0.25, -0.2) is 4.79 Å². The molecular formula is C18H17ClN2O4. The molecule has 0 bridgehead atoms. The van der Waals surface area contributed by atoms with E-state index in [1.807, 2.05) is 0 Å². The van der Waals surface area contributed by atoms with E-state index < -0.39 is 17.9 Å². The Labute approximate surface area is 149 Å². The number of carbonyl (C=O) groups excluding carboxylic acids is 2. The number of nitrogens with one attached hydrogen (secondary N) is 2. The molecule has 3 N–H and O–H groups in total. The van der Waals surface area contributed by atoms with Gasteiger partial charge in [0, 0.05) is 29.6 Å². The van der Waals surface area contributed by atoms with Crippen molar-refractivity contribution in [3.63, 3.8) is 0 Å². The number of carboxylic acid groups (broad SMARTS) is 1. The van der Waals surface area contributed by atoms with Crippen LogP contribution < -0.4 is 10.6 Å². The Bertz CT molecular complexity index is 790. The maximum Gasteiger partial charge on any atom is 0.326 e. The van der Waals surface area contributed by atoms with Gasteiger partial charge in [-0.1, -0.05) is 29.8 Å². The highest BCUT2D eigenvalue weighted by atomic mass is 35.5. The molecule has 0 aliphatic rings. The Balaban J connectivity index is 2.11. The highest BCUT2D eigenvalue weighted by Gasteiger charge is 2.21. The van der Waals surface area contributed by atoms with Crippen LogP contribution in [0.4, 0.5) is 5.69 Å². The molecule has 0 aliphatic heterocycles. The molecular weight excluding hydrogens is 344 g/mol. The van der Waals surface area contributed by atoms with Gasteiger partial charge in [0.05, 0.1) is 0 Å². The molecule has 7 heteroatoms. The Morgan fingerprint density at radius 2 is 1.80 bits per heavy atom. The quantitative estimate of drug-likeness (QED) is 0.738. The molecule has 2 amide bonds. The third-order valence-electron chi connectivity index (χ3n) is 3.40. The number of halogens is 1. The Morgan fingerprint density at radius 3 is 2.40 bits per heavy atom. The van der Waals surface area contributed by atoms with Crippen LogP contribution in [0.15, 0.2) is 48.5 Å². The number of benzene rings is 2. The van der Waals surface area contributed by atoms with Crippen LogP contribution in [0.1, 0.15) is 22.8 Å². The van der Waals surface area contributed by atoms with Crippen LogP contribution in [0, 0.1) is 0 Å². The molecule has 0 heterocycles. The van der Waals surface area contributed by atoms with Gasteiger partial charge in [0.1, 0.15) is 6.04 Å². The average Bonchev–Trinajstić information content (AvgIpc) is 2.55. The molecule has 0 radical (unpaired) electrons. The predicted molar refractivity (Wildman–Crippen MR) is 94.8 cm³/mol. The number of hydrogen-bond acceptors (Lipinski definition) is 3. The minimum absolute atomic E-state index is 0.129. The standard InChI is InChI=1S/C18H17ClN2O4/c1-11(22)20-15-4-2-3-13(10-15)17(23)21-16(18(24)25)9-12-5-7-14(19)8-6-12/h2-8,10,16H,9H2,1H3,(H,20,22)(H,21,23)(H,24,25)/t16-/m0/s1. The smallest absolute Gasteiger partial charge is 0.326 e. The summed E-state index contributed by atoms with van der Waals surface area (Å²) in [7, 11) is 0. The summed E-state index contributed by atoms with van der Waals surface area (Å²) in [4.78, 5) is 34.9. The highest BCUT2D eigenvalue weighted by molar-refractivity contribution is 6.30. The molecule has 0 saturated carbocycles. The van der Waals surface area contributed by atoms with Gasteiger partial charge in [0.2, 0.25) is 5.91 Å². The Hall–Kier alpha value is -2.86. The molecule has 2 rings (SSSR count). The molecule has 1 atom stereocenters. The minimum Gasteiger partial charge on any atom is -0.480 e. The number of hydrogen-bond donors (Lipinski definition) is 3. The minimum atomic E-state index is -1.14. The number of rotatable bonds is 6. The second-order valence-corrected chi connectivity index (χ2v) is 5.89. The van der Waals surface area contributed by atoms with Crippen LogP contribution in [0.3, 0.4) is 0 Å². The molecule has 0 aliphatic carbocycles. The summed E-state index contributed by atoms with van der Waals surface area (Å²) >= 11 is 5.81. The first-order valence-electron chi connectivity index (χ1n) is 7.51. The monoisotopic (exact) mass is 360 g/mol. The van der Waals surface area contributed by atoms with E-state index in [2.05, 4.69) is 10.6 Å². The van der Waals surface area contributed by atoms with E-state index in [9.17, 15) is 19.5 Å². The third-order valence-corrected chi connectivity index (χ3v) is 3.65. The van der Waals surface area contributed by atoms with Gasteiger partial charge in [0.15, 0.2) is 0 Å². The van der Waals surface area contributed by atoms with Crippen molar-refractivity contribution >= 4 is 35.1 Å². The fourth-order valence-electron chi connectivity index (χ4n) is 2.24. The van der Waals surface area contributed by atoms with Crippen LogP contribution in [0.5, 0.6) is 0 Å². The first kappa shape index (κ1) is 18.5. The van der Waals surface area contributed by atoms with Gasteiger partial charge in [-0.15, -0.1) is 0 Å². The fourth-order valence-corrected chi connectivity index (χ4v) is 2.37. The first-order chi connectivity index (χ1) is 11.8. The van der Waals surface area contributed by atoms with Gasteiger partial charge < -0.3 is 15.7 Å². The largest absolute Gasteiger partial charge is 0.480 e. The summed E-state index contributed by atoms with van der Waals surface area (Å²) in [5.41, 5.74) is 1.46. The number of aliphatic carboxylic acids is 1. The van der Waals surface area contributed by atoms with Crippen molar-refractivity contribution in [2.45, 2.75) is 19.4 Å². The Kier molecular flexibility index (Phi) is 6.14. The lowest BCUT2D eigenvalue weighted by Gasteiger charge is -2.15. The molecule has 2 aromatic carbocycles. The van der Waals surface area contributed by atoms with E-state index in [0.717, 1.165) is 5.56 Å². The van der Waals surface area contributed by atoms with Gasteiger partial charge in [-0.05, 0) is 35.9 Å². The lowest BCUT2D eigenvalue weighted by Crippen LogP contribution is -2.42. The van der Waals surface area contributed by atoms with Crippen LogP contribution in [-0.2, 0) is 16.0 Å². The molecule has 2 aromatic rings. The van der Waals surface area contributed by atoms with Gasteiger partial charge in [0.25, 0.3) is 5.91 Å². The van der Waals surface area contributed by atoms with E-state index in [1.54, 1.807) is 42.5 Å². The van der Waals surface area contributed by atoms with Crippen molar-refractivity contribution in [1.82, 2.24) is 5.32 Å². The molecule has 6 nitrogen and oxygen atoms in total. The number of amides is 2. The topological polar surface area (TPSA) is 95.5 Å². The summed E-state index contributed by atoms with van der Waals surface area (Å²) in [6, 6.07) is 11.9. The van der Waals surface area contributed by atoms with Gasteiger partial charge in [-0.3, -0.25) is 9.59 Å². The van der Waals surface area contributed by atoms with E-state index >= 15 is 0 Å². The SMILES string of the molecule is CC(=O)Nc1cccc(C(=O)N[C@@H](Cc2ccc(Cl)cc2)C(=O)O)c1. The average molecular weight is 361 g/mol. The zero-order valence-corrected chi connectivity index (χ0v) is 14.2. The lowest BCUT2D eigenvalue weighted by molar-refractivity contribution is -0.139. The second-order valence-electron chi connectivity index (χ2n) is 5.46. The maximum absolute atomic E-state index is 12.3. The van der Waals surface area contributed by atoms with Crippen LogP contribution in [0.25, 0.3) is 0 Å². The van der Waals surface area contributed by atoms with E-state index in [1.165, 1.54) is 13.0 Å². The Morgan fingerprint density at radius 1 is 1.12 bits per heavy atom. The van der Waals surface area contributed by atoms with Crippen molar-refractivity contribution in [2.75, 3.05) is 5.32 Å². The number of carboxylic acids is 1. The second kappa shape index (κ2) is 8.30. The van der Waals surface area contributed by atoms with Crippen molar-refractivity contribution < 1.29 is 19.5 Å². The molecule has 0 unspecified atom stereocenters. The summed E-state index contributed by atoms with van der Waals surface area (Å²) in [5, 5.41) is 15.0. The lowest BCUT2D eigenvalue weighted by atomic mass is 10.1. The summed E-state index contributed by atoms with van der Waals surface area (Å²) < 4.78 is 0. The number of carbonyl (C=O) groups is 3. The van der Waals surface area contributed by atoms with Crippen molar-refractivity contribution in [2.24, 2.45) is 0 Å².